The summed E-state index contributed by atoms with van der Waals surface area (Å²) in [6.07, 6.45) is 2.92. The van der Waals surface area contributed by atoms with E-state index in [2.05, 4.69) is 57.0 Å². The minimum atomic E-state index is 0.0760. The van der Waals surface area contributed by atoms with Crippen LogP contribution in [0.5, 0.6) is 5.75 Å². The molecule has 0 aliphatic carbocycles. The fourth-order valence-electron chi connectivity index (χ4n) is 2.49. The van der Waals surface area contributed by atoms with Crippen LogP contribution >= 0.6 is 15.9 Å². The Morgan fingerprint density at radius 2 is 2.14 bits per heavy atom. The fraction of sp³-hybridized carbons (Fsp3) is 0.438. The number of methoxy groups -OCH3 is 1. The molecule has 0 fully saturated rings. The molecule has 114 valence electrons. The number of hydrogen-bond donors (Lipinski definition) is 1. The lowest BCUT2D eigenvalue weighted by Gasteiger charge is -2.22. The van der Waals surface area contributed by atoms with Crippen LogP contribution in [0.3, 0.4) is 0 Å². The van der Waals surface area contributed by atoms with Crippen molar-refractivity contribution in [3.8, 4) is 5.75 Å². The summed E-state index contributed by atoms with van der Waals surface area (Å²) < 4.78 is 8.63. The standard InChI is InChI=1S/C16H22BrN3O/c1-4-10-20-14(8-9-19-20)16(18-5-2)13-7-6-12(17)11-15(13)21-3/h6-9,11,16,18H,4-5,10H2,1-3H3. The molecule has 0 saturated heterocycles. The second-order valence-corrected chi connectivity index (χ2v) is 5.77. The zero-order valence-electron chi connectivity index (χ0n) is 12.8. The van der Waals surface area contributed by atoms with Crippen molar-refractivity contribution >= 4 is 15.9 Å². The molecule has 2 aromatic rings. The summed E-state index contributed by atoms with van der Waals surface area (Å²) in [4.78, 5) is 0. The average Bonchev–Trinajstić information content (AvgIpc) is 2.93. The molecule has 0 aliphatic rings. The molecule has 1 N–H and O–H groups in total. The van der Waals surface area contributed by atoms with E-state index in [1.54, 1.807) is 7.11 Å². The molecule has 4 nitrogen and oxygen atoms in total. The third-order valence-corrected chi connectivity index (χ3v) is 3.89. The Labute approximate surface area is 134 Å². The highest BCUT2D eigenvalue weighted by atomic mass is 79.9. The van der Waals surface area contributed by atoms with Crippen LogP contribution < -0.4 is 10.1 Å². The van der Waals surface area contributed by atoms with Crippen LogP contribution in [-0.2, 0) is 6.54 Å². The molecular formula is C16H22BrN3O. The van der Waals surface area contributed by atoms with Crippen molar-refractivity contribution in [3.05, 3.63) is 46.2 Å². The van der Waals surface area contributed by atoms with Crippen LogP contribution in [-0.4, -0.2) is 23.4 Å². The molecule has 1 aromatic heterocycles. The van der Waals surface area contributed by atoms with E-state index in [9.17, 15) is 0 Å². The van der Waals surface area contributed by atoms with Gasteiger partial charge in [-0.3, -0.25) is 4.68 Å². The lowest BCUT2D eigenvalue weighted by molar-refractivity contribution is 0.401. The van der Waals surface area contributed by atoms with E-state index in [4.69, 9.17) is 4.74 Å². The summed E-state index contributed by atoms with van der Waals surface area (Å²) in [5.74, 6) is 0.875. The molecule has 0 aliphatic heterocycles. The van der Waals surface area contributed by atoms with Gasteiger partial charge >= 0.3 is 0 Å². The lowest BCUT2D eigenvalue weighted by Crippen LogP contribution is -2.25. The number of halogens is 1. The molecule has 21 heavy (non-hydrogen) atoms. The maximum absolute atomic E-state index is 5.55. The Kier molecular flexibility index (Phi) is 5.82. The molecule has 2 rings (SSSR count). The molecule has 5 heteroatoms. The number of nitrogens with zero attached hydrogens (tertiary/aromatic N) is 2. The molecule has 1 unspecified atom stereocenters. The minimum absolute atomic E-state index is 0.0760. The number of aromatic nitrogens is 2. The Balaban J connectivity index is 2.45. The van der Waals surface area contributed by atoms with Crippen molar-refractivity contribution in [2.75, 3.05) is 13.7 Å². The van der Waals surface area contributed by atoms with Crippen LogP contribution in [0.25, 0.3) is 0 Å². The summed E-state index contributed by atoms with van der Waals surface area (Å²) in [5, 5.41) is 7.97. The number of benzene rings is 1. The van der Waals surface area contributed by atoms with Gasteiger partial charge in [-0.25, -0.2) is 0 Å². The van der Waals surface area contributed by atoms with Crippen LogP contribution in [0.2, 0.25) is 0 Å². The first kappa shape index (κ1) is 16.0. The maximum Gasteiger partial charge on any atom is 0.125 e. The van der Waals surface area contributed by atoms with Gasteiger partial charge in [0.05, 0.1) is 18.8 Å². The van der Waals surface area contributed by atoms with E-state index in [-0.39, 0.29) is 6.04 Å². The van der Waals surface area contributed by atoms with Gasteiger partial charge in [-0.05, 0) is 31.2 Å². The Morgan fingerprint density at radius 1 is 1.33 bits per heavy atom. The molecule has 1 heterocycles. The zero-order valence-corrected chi connectivity index (χ0v) is 14.4. The predicted molar refractivity (Wildman–Crippen MR) is 88.7 cm³/mol. The number of aryl methyl sites for hydroxylation is 1. The number of rotatable bonds is 7. The van der Waals surface area contributed by atoms with E-state index in [1.807, 2.05) is 18.3 Å². The van der Waals surface area contributed by atoms with E-state index in [0.29, 0.717) is 0 Å². The van der Waals surface area contributed by atoms with E-state index < -0.39 is 0 Å². The largest absolute Gasteiger partial charge is 0.496 e. The number of nitrogens with one attached hydrogen (secondary N) is 1. The van der Waals surface area contributed by atoms with Crippen molar-refractivity contribution in [2.45, 2.75) is 32.9 Å². The Hall–Kier alpha value is -1.33. The molecule has 0 saturated carbocycles. The molecule has 1 atom stereocenters. The van der Waals surface area contributed by atoms with Crippen LogP contribution in [0.15, 0.2) is 34.9 Å². The van der Waals surface area contributed by atoms with E-state index in [0.717, 1.165) is 35.3 Å². The third kappa shape index (κ3) is 3.66. The monoisotopic (exact) mass is 351 g/mol. The first-order valence-corrected chi connectivity index (χ1v) is 8.09. The van der Waals surface area contributed by atoms with Crippen LogP contribution in [0.1, 0.15) is 37.6 Å². The lowest BCUT2D eigenvalue weighted by atomic mass is 10.0. The Morgan fingerprint density at radius 3 is 2.81 bits per heavy atom. The van der Waals surface area contributed by atoms with Crippen molar-refractivity contribution in [1.29, 1.82) is 0 Å². The van der Waals surface area contributed by atoms with Gasteiger partial charge in [0.2, 0.25) is 0 Å². The second kappa shape index (κ2) is 7.61. The molecule has 1 aromatic carbocycles. The quantitative estimate of drug-likeness (QED) is 0.825. The van der Waals surface area contributed by atoms with E-state index >= 15 is 0 Å². The summed E-state index contributed by atoms with van der Waals surface area (Å²) in [5.41, 5.74) is 2.29. The summed E-state index contributed by atoms with van der Waals surface area (Å²) in [6.45, 7) is 6.07. The highest BCUT2D eigenvalue weighted by Gasteiger charge is 2.21. The zero-order chi connectivity index (χ0) is 15.2. The van der Waals surface area contributed by atoms with Gasteiger partial charge in [-0.15, -0.1) is 0 Å². The smallest absolute Gasteiger partial charge is 0.125 e. The SMILES string of the molecule is CCCn1nccc1C(NCC)c1ccc(Br)cc1OC. The summed E-state index contributed by atoms with van der Waals surface area (Å²) >= 11 is 3.50. The molecule has 0 spiro atoms. The fourth-order valence-corrected chi connectivity index (χ4v) is 2.83. The van der Waals surface area contributed by atoms with Crippen molar-refractivity contribution in [1.82, 2.24) is 15.1 Å². The first-order valence-electron chi connectivity index (χ1n) is 7.29. The van der Waals surface area contributed by atoms with Crippen molar-refractivity contribution in [3.63, 3.8) is 0 Å². The van der Waals surface area contributed by atoms with Gasteiger partial charge in [0.25, 0.3) is 0 Å². The Bertz CT molecular complexity index is 583. The summed E-state index contributed by atoms with van der Waals surface area (Å²) in [7, 11) is 1.71. The minimum Gasteiger partial charge on any atom is -0.496 e. The predicted octanol–water partition coefficient (Wildman–Crippen LogP) is 3.76. The van der Waals surface area contributed by atoms with Gasteiger partial charge in [0, 0.05) is 22.8 Å². The number of hydrogen-bond acceptors (Lipinski definition) is 3. The van der Waals surface area contributed by atoms with Gasteiger partial charge in [-0.2, -0.15) is 5.10 Å². The van der Waals surface area contributed by atoms with E-state index in [1.165, 1.54) is 5.69 Å². The molecule has 0 amide bonds. The van der Waals surface area contributed by atoms with Crippen molar-refractivity contribution < 1.29 is 4.74 Å². The highest BCUT2D eigenvalue weighted by molar-refractivity contribution is 9.10. The summed E-state index contributed by atoms with van der Waals surface area (Å²) in [6, 6.07) is 8.29. The van der Waals surface area contributed by atoms with Gasteiger partial charge < -0.3 is 10.1 Å². The molecule has 0 radical (unpaired) electrons. The first-order chi connectivity index (χ1) is 10.2. The number of ether oxygens (including phenoxy) is 1. The van der Waals surface area contributed by atoms with Crippen LogP contribution in [0, 0.1) is 0 Å². The molecule has 0 bridgehead atoms. The molecular weight excluding hydrogens is 330 g/mol. The average molecular weight is 352 g/mol. The highest BCUT2D eigenvalue weighted by Crippen LogP contribution is 2.32. The topological polar surface area (TPSA) is 39.1 Å². The third-order valence-electron chi connectivity index (χ3n) is 3.40. The van der Waals surface area contributed by atoms with Gasteiger partial charge in [-0.1, -0.05) is 35.8 Å². The maximum atomic E-state index is 5.55. The van der Waals surface area contributed by atoms with Crippen LogP contribution in [0.4, 0.5) is 0 Å². The van der Waals surface area contributed by atoms with Crippen molar-refractivity contribution in [2.24, 2.45) is 0 Å². The second-order valence-electron chi connectivity index (χ2n) is 4.86. The van der Waals surface area contributed by atoms with Gasteiger partial charge in [0.1, 0.15) is 5.75 Å². The van der Waals surface area contributed by atoms with Gasteiger partial charge in [0.15, 0.2) is 0 Å². The normalized spacial score (nSPS) is 12.4.